The quantitative estimate of drug-likeness (QED) is 0.588. The summed E-state index contributed by atoms with van der Waals surface area (Å²) in [6, 6.07) is 3.28. The van der Waals surface area contributed by atoms with Crippen molar-refractivity contribution < 1.29 is 0 Å². The Labute approximate surface area is 125 Å². The van der Waals surface area contributed by atoms with E-state index in [1.807, 2.05) is 6.92 Å². The first-order valence-corrected chi connectivity index (χ1v) is 8.41. The molecule has 0 aromatic rings. The van der Waals surface area contributed by atoms with Gasteiger partial charge in [0.1, 0.15) is 5.54 Å². The molecule has 0 aromatic heterocycles. The highest BCUT2D eigenvalue weighted by Crippen LogP contribution is 2.28. The largest absolute Gasteiger partial charge is 0.300 e. The van der Waals surface area contributed by atoms with Crippen molar-refractivity contribution >= 4 is 0 Å². The van der Waals surface area contributed by atoms with Gasteiger partial charge in [0.15, 0.2) is 0 Å². The molecule has 1 fully saturated rings. The summed E-state index contributed by atoms with van der Waals surface area (Å²) in [6.45, 7) is 12.0. The minimum atomic E-state index is -0.336. The zero-order valence-electron chi connectivity index (χ0n) is 13.9. The zero-order valence-corrected chi connectivity index (χ0v) is 13.9. The van der Waals surface area contributed by atoms with Crippen molar-refractivity contribution in [3.63, 3.8) is 0 Å². The number of hydrogen-bond acceptors (Lipinski definition) is 3. The Morgan fingerprint density at radius 2 is 2.00 bits per heavy atom. The standard InChI is InChI=1S/C17H33N3/c1-5-19-17(4,14-18)11-6-7-12-20(16-8-9-16)13-10-15(2)3/h15-16,19H,5-13H2,1-4H3. The fourth-order valence-electron chi connectivity index (χ4n) is 2.71. The van der Waals surface area contributed by atoms with Crippen LogP contribution in [-0.2, 0) is 0 Å². The highest BCUT2D eigenvalue weighted by Gasteiger charge is 2.28. The highest BCUT2D eigenvalue weighted by atomic mass is 15.2. The fraction of sp³-hybridized carbons (Fsp3) is 0.941. The summed E-state index contributed by atoms with van der Waals surface area (Å²) in [5.41, 5.74) is -0.336. The van der Waals surface area contributed by atoms with Crippen LogP contribution < -0.4 is 5.32 Å². The van der Waals surface area contributed by atoms with E-state index in [1.54, 1.807) is 0 Å². The average Bonchev–Trinajstić information content (AvgIpc) is 3.22. The van der Waals surface area contributed by atoms with Gasteiger partial charge in [0.25, 0.3) is 0 Å². The Kier molecular flexibility index (Phi) is 7.55. The molecule has 3 nitrogen and oxygen atoms in total. The number of nitriles is 1. The van der Waals surface area contributed by atoms with Crippen molar-refractivity contribution in [1.29, 1.82) is 5.26 Å². The summed E-state index contributed by atoms with van der Waals surface area (Å²) in [4.78, 5) is 2.68. The third kappa shape index (κ3) is 6.72. The van der Waals surface area contributed by atoms with Crippen molar-refractivity contribution in [2.45, 2.75) is 77.8 Å². The van der Waals surface area contributed by atoms with Gasteiger partial charge in [-0.05, 0) is 71.0 Å². The smallest absolute Gasteiger partial charge is 0.103 e. The maximum atomic E-state index is 9.25. The van der Waals surface area contributed by atoms with E-state index in [0.717, 1.165) is 31.3 Å². The van der Waals surface area contributed by atoms with Crippen molar-refractivity contribution in [2.75, 3.05) is 19.6 Å². The first kappa shape index (κ1) is 17.5. The molecular weight excluding hydrogens is 246 g/mol. The molecule has 1 aliphatic rings. The van der Waals surface area contributed by atoms with Gasteiger partial charge in [-0.15, -0.1) is 0 Å². The molecule has 116 valence electrons. The second kappa shape index (κ2) is 8.64. The first-order valence-electron chi connectivity index (χ1n) is 8.41. The van der Waals surface area contributed by atoms with E-state index in [0.29, 0.717) is 0 Å². The molecule has 1 unspecified atom stereocenters. The normalized spacial score (nSPS) is 18.2. The topological polar surface area (TPSA) is 39.1 Å². The van der Waals surface area contributed by atoms with Crippen LogP contribution >= 0.6 is 0 Å². The van der Waals surface area contributed by atoms with Crippen LogP contribution in [-0.4, -0.2) is 36.1 Å². The van der Waals surface area contributed by atoms with E-state index < -0.39 is 0 Å². The average molecular weight is 279 g/mol. The lowest BCUT2D eigenvalue weighted by atomic mass is 9.96. The second-order valence-electron chi connectivity index (χ2n) is 6.88. The summed E-state index contributed by atoms with van der Waals surface area (Å²) in [5, 5.41) is 12.5. The van der Waals surface area contributed by atoms with Gasteiger partial charge in [-0.2, -0.15) is 5.26 Å². The van der Waals surface area contributed by atoms with Crippen molar-refractivity contribution in [3.8, 4) is 6.07 Å². The lowest BCUT2D eigenvalue weighted by molar-refractivity contribution is 0.239. The summed E-state index contributed by atoms with van der Waals surface area (Å²) >= 11 is 0. The van der Waals surface area contributed by atoms with Crippen LogP contribution in [0.3, 0.4) is 0 Å². The first-order chi connectivity index (χ1) is 9.50. The number of nitrogens with zero attached hydrogens (tertiary/aromatic N) is 2. The lowest BCUT2D eigenvalue weighted by Crippen LogP contribution is -2.40. The summed E-state index contributed by atoms with van der Waals surface area (Å²) in [7, 11) is 0. The van der Waals surface area contributed by atoms with Crippen LogP contribution in [0.4, 0.5) is 0 Å². The Hall–Kier alpha value is -0.590. The maximum absolute atomic E-state index is 9.25. The molecule has 0 saturated heterocycles. The molecule has 1 aliphatic carbocycles. The molecule has 1 rings (SSSR count). The fourth-order valence-corrected chi connectivity index (χ4v) is 2.71. The molecule has 3 heteroatoms. The van der Waals surface area contributed by atoms with Crippen LogP contribution in [0.25, 0.3) is 0 Å². The van der Waals surface area contributed by atoms with E-state index >= 15 is 0 Å². The van der Waals surface area contributed by atoms with Gasteiger partial charge < -0.3 is 4.90 Å². The molecule has 1 N–H and O–H groups in total. The molecule has 1 saturated carbocycles. The molecule has 0 spiro atoms. The van der Waals surface area contributed by atoms with Gasteiger partial charge in [0, 0.05) is 6.04 Å². The van der Waals surface area contributed by atoms with Crippen molar-refractivity contribution in [1.82, 2.24) is 10.2 Å². The van der Waals surface area contributed by atoms with E-state index in [4.69, 9.17) is 0 Å². The Morgan fingerprint density at radius 3 is 2.50 bits per heavy atom. The Morgan fingerprint density at radius 1 is 1.30 bits per heavy atom. The Bertz CT molecular complexity index is 304. The molecule has 1 atom stereocenters. The SMILES string of the molecule is CCNC(C)(C#N)CCCCN(CCC(C)C)C1CC1. The molecular formula is C17H33N3. The van der Waals surface area contributed by atoms with Gasteiger partial charge in [-0.1, -0.05) is 20.8 Å². The molecule has 0 bridgehead atoms. The van der Waals surface area contributed by atoms with E-state index in [-0.39, 0.29) is 5.54 Å². The predicted molar refractivity (Wildman–Crippen MR) is 85.6 cm³/mol. The van der Waals surface area contributed by atoms with Gasteiger partial charge in [-0.3, -0.25) is 5.32 Å². The van der Waals surface area contributed by atoms with Crippen molar-refractivity contribution in [2.24, 2.45) is 5.92 Å². The molecule has 0 aromatic carbocycles. The zero-order chi connectivity index (χ0) is 15.0. The highest BCUT2D eigenvalue weighted by molar-refractivity contribution is 5.03. The maximum Gasteiger partial charge on any atom is 0.103 e. The molecule has 0 aliphatic heterocycles. The van der Waals surface area contributed by atoms with Crippen LogP contribution in [0.1, 0.15) is 66.2 Å². The van der Waals surface area contributed by atoms with E-state index in [1.165, 1.54) is 38.8 Å². The summed E-state index contributed by atoms with van der Waals surface area (Å²) < 4.78 is 0. The van der Waals surface area contributed by atoms with Gasteiger partial charge in [-0.25, -0.2) is 0 Å². The van der Waals surface area contributed by atoms with Gasteiger partial charge in [0.2, 0.25) is 0 Å². The molecule has 0 heterocycles. The van der Waals surface area contributed by atoms with E-state index in [9.17, 15) is 5.26 Å². The minimum Gasteiger partial charge on any atom is -0.300 e. The molecule has 20 heavy (non-hydrogen) atoms. The lowest BCUT2D eigenvalue weighted by Gasteiger charge is -2.25. The Balaban J connectivity index is 2.22. The van der Waals surface area contributed by atoms with Crippen LogP contribution in [0.15, 0.2) is 0 Å². The van der Waals surface area contributed by atoms with Crippen LogP contribution in [0.5, 0.6) is 0 Å². The third-order valence-electron chi connectivity index (χ3n) is 4.24. The van der Waals surface area contributed by atoms with Gasteiger partial charge in [0.05, 0.1) is 6.07 Å². The predicted octanol–water partition coefficient (Wildman–Crippen LogP) is 3.56. The minimum absolute atomic E-state index is 0.336. The second-order valence-corrected chi connectivity index (χ2v) is 6.88. The van der Waals surface area contributed by atoms with Crippen molar-refractivity contribution in [3.05, 3.63) is 0 Å². The third-order valence-corrected chi connectivity index (χ3v) is 4.24. The number of hydrogen-bond donors (Lipinski definition) is 1. The molecule has 0 radical (unpaired) electrons. The van der Waals surface area contributed by atoms with E-state index in [2.05, 4.69) is 37.1 Å². The monoisotopic (exact) mass is 279 g/mol. The van der Waals surface area contributed by atoms with Gasteiger partial charge >= 0.3 is 0 Å². The van der Waals surface area contributed by atoms with Crippen LogP contribution in [0.2, 0.25) is 0 Å². The summed E-state index contributed by atoms with van der Waals surface area (Å²) in [6.07, 6.45) is 7.42. The van der Waals surface area contributed by atoms with Crippen LogP contribution in [0, 0.1) is 17.2 Å². The number of nitrogens with one attached hydrogen (secondary N) is 1. The number of unbranched alkanes of at least 4 members (excludes halogenated alkanes) is 1. The summed E-state index contributed by atoms with van der Waals surface area (Å²) in [5.74, 6) is 0.798. The number of rotatable bonds is 11. The molecule has 0 amide bonds.